The van der Waals surface area contributed by atoms with Crippen LogP contribution in [0.15, 0.2) is 44.2 Å². The van der Waals surface area contributed by atoms with E-state index in [0.717, 1.165) is 0 Å². The first-order chi connectivity index (χ1) is 12.3. The van der Waals surface area contributed by atoms with Gasteiger partial charge < -0.3 is 13.7 Å². The van der Waals surface area contributed by atoms with E-state index in [0.29, 0.717) is 17.1 Å². The van der Waals surface area contributed by atoms with Gasteiger partial charge in [-0.25, -0.2) is 13.1 Å². The highest BCUT2D eigenvalue weighted by Gasteiger charge is 2.25. The molecule has 0 saturated carbocycles. The average Bonchev–Trinajstić information content (AvgIpc) is 3.20. The molecule has 2 heterocycles. The molecule has 2 aromatic heterocycles. The molecule has 0 aliphatic heterocycles. The van der Waals surface area contributed by atoms with E-state index >= 15 is 0 Å². The lowest BCUT2D eigenvalue weighted by Gasteiger charge is -2.07. The average molecular weight is 377 g/mol. The SMILES string of the molecule is COc1cccc(-c2noc(-c3cc(S(=O)(=O)NC(C)C)c(C)o3)n2)c1. The van der Waals surface area contributed by atoms with Gasteiger partial charge in [0.15, 0.2) is 5.76 Å². The van der Waals surface area contributed by atoms with Crippen molar-refractivity contribution < 1.29 is 22.1 Å². The van der Waals surface area contributed by atoms with Gasteiger partial charge >= 0.3 is 0 Å². The zero-order valence-corrected chi connectivity index (χ0v) is 15.6. The van der Waals surface area contributed by atoms with Gasteiger partial charge in [0.25, 0.3) is 5.89 Å². The van der Waals surface area contributed by atoms with Crippen LogP contribution in [0.25, 0.3) is 23.0 Å². The molecule has 138 valence electrons. The maximum Gasteiger partial charge on any atom is 0.293 e. The number of sulfonamides is 1. The number of methoxy groups -OCH3 is 1. The summed E-state index contributed by atoms with van der Waals surface area (Å²) >= 11 is 0. The molecule has 1 N–H and O–H groups in total. The van der Waals surface area contributed by atoms with Gasteiger partial charge in [-0.15, -0.1) is 0 Å². The summed E-state index contributed by atoms with van der Waals surface area (Å²) < 4.78 is 43.2. The normalized spacial score (nSPS) is 11.9. The third kappa shape index (κ3) is 3.63. The Morgan fingerprint density at radius 2 is 2.00 bits per heavy atom. The minimum absolute atomic E-state index is 0.0438. The van der Waals surface area contributed by atoms with Gasteiger partial charge in [-0.1, -0.05) is 17.3 Å². The van der Waals surface area contributed by atoms with Gasteiger partial charge in [0.05, 0.1) is 7.11 Å². The van der Waals surface area contributed by atoms with Gasteiger partial charge in [-0.05, 0) is 32.9 Å². The number of nitrogens with zero attached hydrogens (tertiary/aromatic N) is 2. The molecule has 1 aromatic carbocycles. The molecule has 26 heavy (non-hydrogen) atoms. The predicted octanol–water partition coefficient (Wildman–Crippen LogP) is 3.00. The second kappa shape index (κ2) is 6.93. The van der Waals surface area contributed by atoms with Gasteiger partial charge in [-0.2, -0.15) is 4.98 Å². The zero-order valence-electron chi connectivity index (χ0n) is 14.8. The first kappa shape index (κ1) is 18.2. The number of furan rings is 1. The number of aryl methyl sites for hydroxylation is 1. The molecular formula is C17H19N3O5S. The van der Waals surface area contributed by atoms with Crippen molar-refractivity contribution in [2.45, 2.75) is 31.7 Å². The molecule has 0 bridgehead atoms. The molecule has 0 aliphatic carbocycles. The quantitative estimate of drug-likeness (QED) is 0.703. The van der Waals surface area contributed by atoms with Crippen LogP contribution in [0.4, 0.5) is 0 Å². The third-order valence-electron chi connectivity index (χ3n) is 3.52. The van der Waals surface area contributed by atoms with E-state index in [4.69, 9.17) is 13.7 Å². The number of hydrogen-bond donors (Lipinski definition) is 1. The summed E-state index contributed by atoms with van der Waals surface area (Å²) in [4.78, 5) is 4.33. The Kier molecular flexibility index (Phi) is 4.84. The summed E-state index contributed by atoms with van der Waals surface area (Å²) in [5.74, 6) is 1.54. The van der Waals surface area contributed by atoms with Crippen LogP contribution in [-0.2, 0) is 10.0 Å². The maximum atomic E-state index is 12.4. The van der Waals surface area contributed by atoms with Crippen molar-refractivity contribution in [1.82, 2.24) is 14.9 Å². The van der Waals surface area contributed by atoms with Crippen molar-refractivity contribution in [3.63, 3.8) is 0 Å². The van der Waals surface area contributed by atoms with E-state index in [1.165, 1.54) is 6.07 Å². The Bertz CT molecular complexity index is 1020. The second-order valence-electron chi connectivity index (χ2n) is 5.96. The van der Waals surface area contributed by atoms with Crippen molar-refractivity contribution in [2.75, 3.05) is 7.11 Å². The van der Waals surface area contributed by atoms with E-state index in [2.05, 4.69) is 14.9 Å². The van der Waals surface area contributed by atoms with Gasteiger partial charge in [0.2, 0.25) is 15.8 Å². The Hall–Kier alpha value is -2.65. The summed E-state index contributed by atoms with van der Waals surface area (Å²) in [7, 11) is -2.11. The highest BCUT2D eigenvalue weighted by Crippen LogP contribution is 2.29. The fourth-order valence-corrected chi connectivity index (χ4v) is 3.84. The molecule has 0 unspecified atom stereocenters. The summed E-state index contributed by atoms with van der Waals surface area (Å²) in [6.45, 7) is 5.05. The largest absolute Gasteiger partial charge is 0.497 e. The number of nitrogens with one attached hydrogen (secondary N) is 1. The van der Waals surface area contributed by atoms with Crippen molar-refractivity contribution in [2.24, 2.45) is 0 Å². The zero-order chi connectivity index (χ0) is 18.9. The Morgan fingerprint density at radius 3 is 2.69 bits per heavy atom. The minimum Gasteiger partial charge on any atom is -0.497 e. The summed E-state index contributed by atoms with van der Waals surface area (Å²) in [6.07, 6.45) is 0. The Balaban J connectivity index is 1.94. The molecule has 0 saturated heterocycles. The highest BCUT2D eigenvalue weighted by molar-refractivity contribution is 7.89. The minimum atomic E-state index is -3.68. The Labute approximate surface area is 151 Å². The highest BCUT2D eigenvalue weighted by atomic mass is 32.2. The summed E-state index contributed by atoms with van der Waals surface area (Å²) in [6, 6.07) is 8.34. The molecule has 3 aromatic rings. The molecule has 0 amide bonds. The van der Waals surface area contributed by atoms with Crippen LogP contribution in [-0.4, -0.2) is 31.7 Å². The molecule has 0 atom stereocenters. The van der Waals surface area contributed by atoms with Crippen molar-refractivity contribution >= 4 is 10.0 Å². The molecule has 3 rings (SSSR count). The molecule has 0 radical (unpaired) electrons. The number of hydrogen-bond acceptors (Lipinski definition) is 7. The number of rotatable bonds is 6. The van der Waals surface area contributed by atoms with Gasteiger partial charge in [0, 0.05) is 17.7 Å². The predicted molar refractivity (Wildman–Crippen MR) is 94.2 cm³/mol. The molecule has 0 fully saturated rings. The molecule has 8 nitrogen and oxygen atoms in total. The smallest absolute Gasteiger partial charge is 0.293 e. The van der Waals surface area contributed by atoms with Crippen LogP contribution in [0, 0.1) is 6.92 Å². The fraction of sp³-hybridized carbons (Fsp3) is 0.294. The third-order valence-corrected chi connectivity index (χ3v) is 5.28. The van der Waals surface area contributed by atoms with E-state index < -0.39 is 10.0 Å². The van der Waals surface area contributed by atoms with Crippen molar-refractivity contribution in [3.8, 4) is 28.8 Å². The monoisotopic (exact) mass is 377 g/mol. The molecule has 0 aliphatic rings. The van der Waals surface area contributed by atoms with E-state index in [9.17, 15) is 8.42 Å². The summed E-state index contributed by atoms with van der Waals surface area (Å²) in [5.41, 5.74) is 0.706. The molecule has 0 spiro atoms. The van der Waals surface area contributed by atoms with Gasteiger partial charge in [0.1, 0.15) is 16.4 Å². The van der Waals surface area contributed by atoms with Crippen molar-refractivity contribution in [3.05, 3.63) is 36.1 Å². The standard InChI is InChI=1S/C17H19N3O5S/c1-10(2)20-26(21,22)15-9-14(24-11(15)3)17-18-16(19-25-17)12-6-5-7-13(8-12)23-4/h5-10,20H,1-4H3. The van der Waals surface area contributed by atoms with E-state index in [-0.39, 0.29) is 28.3 Å². The van der Waals surface area contributed by atoms with Crippen LogP contribution in [0.1, 0.15) is 19.6 Å². The maximum absolute atomic E-state index is 12.4. The first-order valence-electron chi connectivity index (χ1n) is 7.91. The van der Waals surface area contributed by atoms with Crippen LogP contribution >= 0.6 is 0 Å². The van der Waals surface area contributed by atoms with Crippen LogP contribution in [0.3, 0.4) is 0 Å². The summed E-state index contributed by atoms with van der Waals surface area (Å²) in [5, 5.41) is 3.92. The topological polar surface area (TPSA) is 107 Å². The number of ether oxygens (including phenoxy) is 1. The van der Waals surface area contributed by atoms with Crippen molar-refractivity contribution in [1.29, 1.82) is 0 Å². The lowest BCUT2D eigenvalue weighted by molar-refractivity contribution is 0.412. The van der Waals surface area contributed by atoms with Crippen LogP contribution in [0.5, 0.6) is 5.75 Å². The lowest BCUT2D eigenvalue weighted by Crippen LogP contribution is -2.30. The van der Waals surface area contributed by atoms with E-state index in [1.807, 2.05) is 12.1 Å². The lowest BCUT2D eigenvalue weighted by atomic mass is 10.2. The number of aromatic nitrogens is 2. The second-order valence-corrected chi connectivity index (χ2v) is 7.64. The first-order valence-corrected chi connectivity index (χ1v) is 9.39. The molecule has 9 heteroatoms. The Morgan fingerprint density at radius 1 is 1.23 bits per heavy atom. The number of benzene rings is 1. The fourth-order valence-electron chi connectivity index (χ4n) is 2.41. The van der Waals surface area contributed by atoms with Crippen LogP contribution < -0.4 is 9.46 Å². The van der Waals surface area contributed by atoms with Crippen LogP contribution in [0.2, 0.25) is 0 Å². The molecular weight excluding hydrogens is 358 g/mol. The van der Waals surface area contributed by atoms with Gasteiger partial charge in [-0.3, -0.25) is 0 Å². The van der Waals surface area contributed by atoms with E-state index in [1.54, 1.807) is 40.0 Å².